The van der Waals surface area contributed by atoms with Crippen LogP contribution in [0.1, 0.15) is 12.5 Å². The van der Waals surface area contributed by atoms with E-state index >= 15 is 4.39 Å². The van der Waals surface area contributed by atoms with Crippen molar-refractivity contribution in [3.05, 3.63) is 95.7 Å². The third-order valence-corrected chi connectivity index (χ3v) is 6.25. The Hall–Kier alpha value is -4.13. The van der Waals surface area contributed by atoms with Gasteiger partial charge in [0.2, 0.25) is 0 Å². The number of allylic oxidation sites excluding steroid dienone is 6. The minimum absolute atomic E-state index is 0.174. The SMILES string of the molecule is C=C(C)C1=CC=C2C=CC(c3cnc4[nH]c5c(NC)cc(F)c(F)c5c4c3N(C)C)=CN2C1=C. The number of H-pyrrole nitrogens is 1. The van der Waals surface area contributed by atoms with Crippen LogP contribution in [0.4, 0.5) is 20.2 Å². The Morgan fingerprint density at radius 1 is 1.18 bits per heavy atom. The first-order chi connectivity index (χ1) is 16.2. The van der Waals surface area contributed by atoms with Crippen molar-refractivity contribution in [2.24, 2.45) is 0 Å². The number of fused-ring (bicyclic) bond motifs is 4. The van der Waals surface area contributed by atoms with E-state index < -0.39 is 11.6 Å². The molecule has 0 spiro atoms. The molecule has 5 nitrogen and oxygen atoms in total. The minimum atomic E-state index is -0.914. The van der Waals surface area contributed by atoms with Crippen molar-refractivity contribution in [1.82, 2.24) is 14.9 Å². The van der Waals surface area contributed by atoms with Gasteiger partial charge in [-0.25, -0.2) is 13.8 Å². The van der Waals surface area contributed by atoms with Gasteiger partial charge in [0.25, 0.3) is 0 Å². The van der Waals surface area contributed by atoms with Gasteiger partial charge < -0.3 is 20.1 Å². The molecule has 172 valence electrons. The van der Waals surface area contributed by atoms with Crippen LogP contribution in [0.25, 0.3) is 27.5 Å². The van der Waals surface area contributed by atoms with Crippen LogP contribution in [-0.2, 0) is 0 Å². The summed E-state index contributed by atoms with van der Waals surface area (Å²) in [5.41, 5.74) is 7.55. The highest BCUT2D eigenvalue weighted by atomic mass is 19.2. The number of halogens is 2. The molecule has 0 aliphatic carbocycles. The van der Waals surface area contributed by atoms with Crippen LogP contribution in [0.5, 0.6) is 0 Å². The number of anilines is 2. The fourth-order valence-electron chi connectivity index (χ4n) is 4.64. The predicted octanol–water partition coefficient (Wildman–Crippen LogP) is 6.23. The highest BCUT2D eigenvalue weighted by molar-refractivity contribution is 6.17. The number of pyridine rings is 1. The molecule has 0 atom stereocenters. The zero-order chi connectivity index (χ0) is 24.3. The van der Waals surface area contributed by atoms with Crippen molar-refractivity contribution in [2.75, 3.05) is 31.4 Å². The molecule has 0 fully saturated rings. The zero-order valence-electron chi connectivity index (χ0n) is 19.6. The van der Waals surface area contributed by atoms with E-state index in [0.29, 0.717) is 22.2 Å². The fraction of sp³-hybridized carbons (Fsp3) is 0.148. The normalized spacial score (nSPS) is 15.3. The summed E-state index contributed by atoms with van der Waals surface area (Å²) < 4.78 is 29.6. The van der Waals surface area contributed by atoms with E-state index in [9.17, 15) is 4.39 Å². The molecule has 0 saturated carbocycles. The summed E-state index contributed by atoms with van der Waals surface area (Å²) in [5.74, 6) is -1.82. The lowest BCUT2D eigenvalue weighted by Crippen LogP contribution is -2.21. The molecule has 5 rings (SSSR count). The van der Waals surface area contributed by atoms with E-state index in [1.54, 1.807) is 13.2 Å². The van der Waals surface area contributed by atoms with E-state index in [-0.39, 0.29) is 5.39 Å². The summed E-state index contributed by atoms with van der Waals surface area (Å²) in [5, 5.41) is 3.64. The Kier molecular flexibility index (Phi) is 4.93. The van der Waals surface area contributed by atoms with Crippen LogP contribution in [0, 0.1) is 11.6 Å². The Labute approximate surface area is 196 Å². The summed E-state index contributed by atoms with van der Waals surface area (Å²) >= 11 is 0. The van der Waals surface area contributed by atoms with Gasteiger partial charge in [0.05, 0.1) is 27.7 Å². The first kappa shape index (κ1) is 21.7. The van der Waals surface area contributed by atoms with Gasteiger partial charge in [-0.3, -0.25) is 0 Å². The molecule has 4 heterocycles. The summed E-state index contributed by atoms with van der Waals surface area (Å²) in [6.45, 7) is 10.3. The van der Waals surface area contributed by atoms with Gasteiger partial charge in [0.1, 0.15) is 5.65 Å². The molecule has 1 aromatic carbocycles. The fourth-order valence-corrected chi connectivity index (χ4v) is 4.64. The van der Waals surface area contributed by atoms with Crippen molar-refractivity contribution in [3.63, 3.8) is 0 Å². The van der Waals surface area contributed by atoms with Crippen molar-refractivity contribution >= 4 is 38.9 Å². The highest BCUT2D eigenvalue weighted by Gasteiger charge is 2.26. The first-order valence-electron chi connectivity index (χ1n) is 10.9. The van der Waals surface area contributed by atoms with Crippen molar-refractivity contribution < 1.29 is 8.78 Å². The maximum absolute atomic E-state index is 15.1. The van der Waals surface area contributed by atoms with Gasteiger partial charge in [0.15, 0.2) is 11.6 Å². The molecule has 0 unspecified atom stereocenters. The summed E-state index contributed by atoms with van der Waals surface area (Å²) in [6.07, 6.45) is 11.8. The van der Waals surface area contributed by atoms with Gasteiger partial charge >= 0.3 is 0 Å². The monoisotopic (exact) mass is 457 g/mol. The third kappa shape index (κ3) is 3.08. The molecule has 2 aliphatic heterocycles. The molecule has 34 heavy (non-hydrogen) atoms. The maximum atomic E-state index is 15.1. The van der Waals surface area contributed by atoms with Crippen LogP contribution >= 0.6 is 0 Å². The molecule has 2 aliphatic rings. The van der Waals surface area contributed by atoms with Crippen molar-refractivity contribution in [3.8, 4) is 0 Å². The second-order valence-corrected chi connectivity index (χ2v) is 8.67. The first-order valence-corrected chi connectivity index (χ1v) is 10.9. The molecular formula is C27H25F2N5. The largest absolute Gasteiger partial charge is 0.386 e. The predicted molar refractivity (Wildman–Crippen MR) is 136 cm³/mol. The Morgan fingerprint density at radius 2 is 1.94 bits per heavy atom. The molecule has 0 amide bonds. The molecule has 2 N–H and O–H groups in total. The van der Waals surface area contributed by atoms with E-state index in [1.807, 2.05) is 61.3 Å². The Morgan fingerprint density at radius 3 is 2.62 bits per heavy atom. The van der Waals surface area contributed by atoms with Crippen LogP contribution in [-0.4, -0.2) is 36.0 Å². The number of benzene rings is 1. The number of hydrogen-bond acceptors (Lipinski definition) is 4. The number of hydrogen-bond donors (Lipinski definition) is 2. The number of nitrogens with one attached hydrogen (secondary N) is 2. The van der Waals surface area contributed by atoms with E-state index in [4.69, 9.17) is 0 Å². The lowest BCUT2D eigenvalue weighted by molar-refractivity contribution is 0.518. The van der Waals surface area contributed by atoms with Gasteiger partial charge in [-0.1, -0.05) is 25.3 Å². The summed E-state index contributed by atoms with van der Waals surface area (Å²) in [7, 11) is 5.44. The topological polar surface area (TPSA) is 47.2 Å². The van der Waals surface area contributed by atoms with Crippen molar-refractivity contribution in [2.45, 2.75) is 6.92 Å². The molecular weight excluding hydrogens is 432 g/mol. The second-order valence-electron chi connectivity index (χ2n) is 8.67. The molecule has 3 aromatic rings. The second kappa shape index (κ2) is 7.73. The zero-order valence-corrected chi connectivity index (χ0v) is 19.6. The Bertz CT molecular complexity index is 1530. The van der Waals surface area contributed by atoms with Crippen LogP contribution in [0.15, 0.2) is 78.5 Å². The number of aromatic nitrogens is 2. The van der Waals surface area contributed by atoms with Crippen LogP contribution < -0.4 is 10.2 Å². The van der Waals surface area contributed by atoms with Crippen LogP contribution in [0.3, 0.4) is 0 Å². The maximum Gasteiger partial charge on any atom is 0.169 e. The average Bonchev–Trinajstić information content (AvgIpc) is 3.20. The Balaban J connectivity index is 1.77. The molecule has 2 aromatic heterocycles. The summed E-state index contributed by atoms with van der Waals surface area (Å²) in [4.78, 5) is 11.7. The number of rotatable bonds is 4. The standard InChI is InChI=1S/C27H25F2N5/c1-14(2)18-10-9-17-8-7-16(13-34(17)15(18)3)19-12-31-27-23(26(19)33(5)6)22-24(29)20(28)11-21(30-4)25(22)32-27/h7-13,30H,1,3H2,2,4-6H3,(H,31,32). The molecule has 0 saturated heterocycles. The smallest absolute Gasteiger partial charge is 0.169 e. The lowest BCUT2D eigenvalue weighted by Gasteiger charge is -2.32. The van der Waals surface area contributed by atoms with E-state index in [1.165, 1.54) is 0 Å². The number of nitrogens with zero attached hydrogens (tertiary/aromatic N) is 3. The minimum Gasteiger partial charge on any atom is -0.386 e. The van der Waals surface area contributed by atoms with Crippen molar-refractivity contribution in [1.29, 1.82) is 0 Å². The average molecular weight is 458 g/mol. The number of aromatic amines is 1. The van der Waals surface area contributed by atoms with Gasteiger partial charge in [-0.05, 0) is 24.6 Å². The molecule has 0 radical (unpaired) electrons. The highest BCUT2D eigenvalue weighted by Crippen LogP contribution is 2.43. The van der Waals surface area contributed by atoms with E-state index in [2.05, 4.69) is 28.4 Å². The molecule has 0 bridgehead atoms. The quantitative estimate of drug-likeness (QED) is 0.488. The van der Waals surface area contributed by atoms with Crippen LogP contribution in [0.2, 0.25) is 0 Å². The summed E-state index contributed by atoms with van der Waals surface area (Å²) in [6, 6.07) is 1.15. The van der Waals surface area contributed by atoms with Gasteiger partial charge in [-0.15, -0.1) is 0 Å². The third-order valence-electron chi connectivity index (χ3n) is 6.25. The van der Waals surface area contributed by atoms with E-state index in [0.717, 1.165) is 45.4 Å². The van der Waals surface area contributed by atoms with Gasteiger partial charge in [-0.2, -0.15) is 0 Å². The molecule has 7 heteroatoms. The lowest BCUT2D eigenvalue weighted by atomic mass is 9.96. The van der Waals surface area contributed by atoms with Gasteiger partial charge in [0, 0.05) is 67.7 Å².